The largest absolute Gasteiger partial charge is 1.00 e. The van der Waals surface area contributed by atoms with Crippen LogP contribution in [0.3, 0.4) is 0 Å². The summed E-state index contributed by atoms with van der Waals surface area (Å²) in [5.74, 6) is 0.228. The van der Waals surface area contributed by atoms with Crippen LogP contribution in [0.4, 0.5) is 0 Å². The average molecular weight is 564 g/mol. The van der Waals surface area contributed by atoms with Crippen molar-refractivity contribution in [1.82, 2.24) is 4.57 Å². The molecule has 8 nitrogen and oxygen atoms in total. The number of hydrogen-bond acceptors (Lipinski definition) is 6. The SMILES string of the molecule is COc1ccc(C#N)cc1C=C(C#N)c1cn(C(=O)CCCCP(=O)([O-])O)c2ccc(Br)cc12.[Na+]. The number of ether oxygens (including phenoxy) is 1. The predicted molar refractivity (Wildman–Crippen MR) is 130 cm³/mol. The number of hydrogen-bond donors (Lipinski definition) is 1. The van der Waals surface area contributed by atoms with Gasteiger partial charge in [0.15, 0.2) is 0 Å². The Labute approximate surface area is 233 Å². The molecule has 0 bridgehead atoms. The van der Waals surface area contributed by atoms with E-state index in [0.717, 1.165) is 4.47 Å². The molecular formula is C24H20BrN3NaO5P. The first-order chi connectivity index (χ1) is 16.2. The summed E-state index contributed by atoms with van der Waals surface area (Å²) in [7, 11) is -2.85. The molecule has 174 valence electrons. The Balaban J connectivity index is 0.00000432. The van der Waals surface area contributed by atoms with Gasteiger partial charge in [0.1, 0.15) is 13.3 Å². The second-order valence-electron chi connectivity index (χ2n) is 7.52. The first kappa shape index (κ1) is 29.0. The van der Waals surface area contributed by atoms with Gasteiger partial charge in [0.05, 0.1) is 35.9 Å². The molecule has 35 heavy (non-hydrogen) atoms. The fraction of sp³-hybridized carbons (Fsp3) is 0.208. The predicted octanol–water partition coefficient (Wildman–Crippen LogP) is 1.71. The molecule has 11 heteroatoms. The van der Waals surface area contributed by atoms with Gasteiger partial charge in [0.25, 0.3) is 0 Å². The van der Waals surface area contributed by atoms with Crippen LogP contribution in [0, 0.1) is 22.7 Å². The minimum absolute atomic E-state index is 0. The van der Waals surface area contributed by atoms with Crippen LogP contribution in [-0.2, 0) is 4.57 Å². The second kappa shape index (κ2) is 12.7. The standard InChI is InChI=1S/C24H21BrN3O5P.Na/c1-33-23-8-5-16(13-26)10-17(23)11-18(14-27)21-15-28(22-7-6-19(25)12-20(21)22)24(29)4-2-3-9-34(30,31)32;/h5-8,10-12,15H,2-4,9H2,1H3,(H2,30,31,32);/q;+1/p-1. The van der Waals surface area contributed by atoms with E-state index >= 15 is 0 Å². The quantitative estimate of drug-likeness (QED) is 0.190. The summed E-state index contributed by atoms with van der Waals surface area (Å²) in [5, 5.41) is 19.9. The molecule has 0 spiro atoms. The van der Waals surface area contributed by atoms with E-state index in [-0.39, 0.29) is 66.5 Å². The number of carbonyl (C=O) groups is 1. The number of carbonyl (C=O) groups excluding carboxylic acids is 1. The van der Waals surface area contributed by atoms with Crippen molar-refractivity contribution in [2.45, 2.75) is 19.3 Å². The number of fused-ring (bicyclic) bond motifs is 1. The third-order valence-electron chi connectivity index (χ3n) is 5.19. The molecule has 3 aromatic rings. The molecule has 0 saturated carbocycles. The fourth-order valence-electron chi connectivity index (χ4n) is 3.57. The van der Waals surface area contributed by atoms with Gasteiger partial charge in [0, 0.05) is 39.8 Å². The summed E-state index contributed by atoms with van der Waals surface area (Å²) in [6.45, 7) is 0. The maximum Gasteiger partial charge on any atom is 1.00 e. The number of nitrogens with zero attached hydrogens (tertiary/aromatic N) is 3. The number of halogens is 1. The van der Waals surface area contributed by atoms with Crippen molar-refractivity contribution in [2.24, 2.45) is 0 Å². The van der Waals surface area contributed by atoms with Gasteiger partial charge >= 0.3 is 29.6 Å². The molecule has 0 aliphatic carbocycles. The van der Waals surface area contributed by atoms with Crippen LogP contribution in [0.15, 0.2) is 47.1 Å². The molecule has 0 aliphatic rings. The third kappa shape index (κ3) is 7.39. The zero-order valence-electron chi connectivity index (χ0n) is 19.2. The van der Waals surface area contributed by atoms with Gasteiger partial charge < -0.3 is 19.1 Å². The van der Waals surface area contributed by atoms with Crippen molar-refractivity contribution < 1.29 is 53.4 Å². The summed E-state index contributed by atoms with van der Waals surface area (Å²) in [6, 6.07) is 14.5. The Morgan fingerprint density at radius 3 is 2.63 bits per heavy atom. The van der Waals surface area contributed by atoms with Crippen LogP contribution in [0.5, 0.6) is 5.75 Å². The van der Waals surface area contributed by atoms with Crippen molar-refractivity contribution in [2.75, 3.05) is 13.3 Å². The Bertz CT molecular complexity index is 1420. The van der Waals surface area contributed by atoms with Crippen LogP contribution in [0.1, 0.15) is 40.7 Å². The first-order valence-electron chi connectivity index (χ1n) is 10.2. The van der Waals surface area contributed by atoms with Crippen molar-refractivity contribution in [1.29, 1.82) is 10.5 Å². The molecular weight excluding hydrogens is 544 g/mol. The third-order valence-corrected chi connectivity index (χ3v) is 6.56. The molecule has 3 rings (SSSR count). The van der Waals surface area contributed by atoms with E-state index < -0.39 is 7.60 Å². The number of aromatic nitrogens is 1. The Morgan fingerprint density at radius 1 is 1.26 bits per heavy atom. The number of methoxy groups -OCH3 is 1. The Kier molecular flexibility index (Phi) is 10.5. The van der Waals surface area contributed by atoms with Crippen LogP contribution in [-0.4, -0.2) is 28.6 Å². The number of nitriles is 2. The Hall–Kier alpha value is -2.20. The van der Waals surface area contributed by atoms with Crippen molar-refractivity contribution in [3.63, 3.8) is 0 Å². The van der Waals surface area contributed by atoms with E-state index in [9.17, 15) is 24.8 Å². The van der Waals surface area contributed by atoms with Gasteiger partial charge in [-0.2, -0.15) is 10.5 Å². The Morgan fingerprint density at radius 2 is 2.00 bits per heavy atom. The molecule has 0 amide bonds. The summed E-state index contributed by atoms with van der Waals surface area (Å²) >= 11 is 3.43. The minimum Gasteiger partial charge on any atom is -0.779 e. The molecule has 0 aliphatic heterocycles. The van der Waals surface area contributed by atoms with Crippen LogP contribution >= 0.6 is 23.5 Å². The van der Waals surface area contributed by atoms with Gasteiger partial charge in [0.2, 0.25) is 5.91 Å². The molecule has 1 aromatic heterocycles. The molecule has 1 unspecified atom stereocenters. The normalized spacial score (nSPS) is 12.8. The van der Waals surface area contributed by atoms with E-state index in [0.29, 0.717) is 33.3 Å². The van der Waals surface area contributed by atoms with E-state index in [4.69, 9.17) is 9.63 Å². The van der Waals surface area contributed by atoms with E-state index in [1.54, 1.807) is 42.6 Å². The summed E-state index contributed by atoms with van der Waals surface area (Å²) < 4.78 is 18.5. The smallest absolute Gasteiger partial charge is 0.779 e. The molecule has 1 atom stereocenters. The van der Waals surface area contributed by atoms with Crippen molar-refractivity contribution in [3.8, 4) is 17.9 Å². The van der Waals surface area contributed by atoms with Gasteiger partial charge in [-0.05, 0) is 55.3 Å². The number of unbranched alkanes of at least 4 members (excludes halogenated alkanes) is 1. The van der Waals surface area contributed by atoms with E-state index in [1.807, 2.05) is 6.07 Å². The first-order valence-corrected chi connectivity index (χ1v) is 12.8. The summed E-state index contributed by atoms with van der Waals surface area (Å²) in [4.78, 5) is 32.7. The number of allylic oxidation sites excluding steroid dienone is 1. The molecule has 0 radical (unpaired) electrons. The maximum absolute atomic E-state index is 12.9. The van der Waals surface area contributed by atoms with E-state index in [2.05, 4.69) is 28.1 Å². The summed E-state index contributed by atoms with van der Waals surface area (Å²) in [6.07, 6.45) is 3.34. The maximum atomic E-state index is 12.9. The van der Waals surface area contributed by atoms with Gasteiger partial charge in [-0.3, -0.25) is 9.36 Å². The number of rotatable bonds is 8. The monoisotopic (exact) mass is 563 g/mol. The average Bonchev–Trinajstić information content (AvgIpc) is 3.17. The van der Waals surface area contributed by atoms with Crippen LogP contribution in [0.2, 0.25) is 0 Å². The zero-order valence-corrected chi connectivity index (χ0v) is 23.7. The molecule has 0 saturated heterocycles. The summed E-state index contributed by atoms with van der Waals surface area (Å²) in [5.41, 5.74) is 2.35. The van der Waals surface area contributed by atoms with Crippen LogP contribution < -0.4 is 39.2 Å². The number of benzene rings is 2. The molecule has 1 N–H and O–H groups in total. The van der Waals surface area contributed by atoms with Crippen molar-refractivity contribution in [3.05, 3.63) is 63.8 Å². The minimum atomic E-state index is -4.35. The topological polar surface area (TPSA) is 139 Å². The second-order valence-corrected chi connectivity index (χ2v) is 10.2. The van der Waals surface area contributed by atoms with E-state index in [1.165, 1.54) is 11.7 Å². The molecule has 2 aromatic carbocycles. The zero-order chi connectivity index (χ0) is 24.9. The molecule has 1 heterocycles. The van der Waals surface area contributed by atoms with Gasteiger partial charge in [-0.25, -0.2) is 0 Å². The van der Waals surface area contributed by atoms with Gasteiger partial charge in [-0.15, -0.1) is 0 Å². The van der Waals surface area contributed by atoms with Crippen molar-refractivity contribution >= 4 is 52.0 Å². The molecule has 0 fully saturated rings. The van der Waals surface area contributed by atoms with Crippen LogP contribution in [0.25, 0.3) is 22.6 Å². The van der Waals surface area contributed by atoms with Gasteiger partial charge in [-0.1, -0.05) is 15.9 Å². The fourth-order valence-corrected chi connectivity index (χ4v) is 4.56.